The van der Waals surface area contributed by atoms with Crippen molar-refractivity contribution in [2.75, 3.05) is 46.3 Å². The first-order valence-corrected chi connectivity index (χ1v) is 9.97. The van der Waals surface area contributed by atoms with Crippen LogP contribution in [0.1, 0.15) is 24.3 Å². The van der Waals surface area contributed by atoms with Crippen LogP contribution in [-0.2, 0) is 17.8 Å². The van der Waals surface area contributed by atoms with Gasteiger partial charge in [-0.3, -0.25) is 14.7 Å². The zero-order valence-corrected chi connectivity index (χ0v) is 19.0. The number of nitrogens with one attached hydrogen (secondary N) is 1. The van der Waals surface area contributed by atoms with Gasteiger partial charge in [0.1, 0.15) is 0 Å². The molecule has 2 aliphatic rings. The highest BCUT2D eigenvalue weighted by molar-refractivity contribution is 14.0. The van der Waals surface area contributed by atoms with Crippen LogP contribution in [0.3, 0.4) is 0 Å². The van der Waals surface area contributed by atoms with E-state index in [-0.39, 0.29) is 29.9 Å². The van der Waals surface area contributed by atoms with Crippen LogP contribution in [0.4, 0.5) is 0 Å². The van der Waals surface area contributed by atoms with Crippen molar-refractivity contribution in [2.45, 2.75) is 32.9 Å². The summed E-state index contributed by atoms with van der Waals surface area (Å²) in [5.41, 5.74) is 1.49. The van der Waals surface area contributed by atoms with Gasteiger partial charge in [-0.05, 0) is 30.4 Å². The summed E-state index contributed by atoms with van der Waals surface area (Å²) in [6, 6.07) is 2.73. The van der Waals surface area contributed by atoms with E-state index in [0.29, 0.717) is 6.04 Å². The average molecular weight is 491 g/mol. The zero-order valence-electron chi connectivity index (χ0n) is 15.9. The molecule has 3 heterocycles. The minimum Gasteiger partial charge on any atom is -0.355 e. The van der Waals surface area contributed by atoms with Crippen LogP contribution < -0.4 is 5.32 Å². The lowest BCUT2D eigenvalue weighted by molar-refractivity contribution is -0.130. The first-order valence-electron chi connectivity index (χ1n) is 9.09. The molecule has 0 radical (unpaired) electrons. The van der Waals surface area contributed by atoms with Gasteiger partial charge >= 0.3 is 0 Å². The number of carbonyl (C=O) groups excluding carboxylic acids is 1. The quantitative estimate of drug-likeness (QED) is 0.399. The third kappa shape index (κ3) is 5.10. The van der Waals surface area contributed by atoms with E-state index in [1.807, 2.05) is 23.3 Å². The number of halogens is 1. The van der Waals surface area contributed by atoms with Gasteiger partial charge in [0.05, 0.1) is 0 Å². The molecule has 1 aromatic heterocycles. The number of hydrogen-bond acceptors (Lipinski definition) is 4. The lowest BCUT2D eigenvalue weighted by Gasteiger charge is -2.37. The minimum absolute atomic E-state index is 0. The van der Waals surface area contributed by atoms with Crippen LogP contribution >= 0.6 is 35.3 Å². The van der Waals surface area contributed by atoms with Gasteiger partial charge in [0.25, 0.3) is 0 Å². The Kier molecular flexibility index (Phi) is 8.15. The number of hydrogen-bond donors (Lipinski definition) is 1. The smallest absolute Gasteiger partial charge is 0.219 e. The molecule has 146 valence electrons. The summed E-state index contributed by atoms with van der Waals surface area (Å²) >= 11 is 1.89. The Balaban J connectivity index is 0.00000243. The fourth-order valence-electron chi connectivity index (χ4n) is 3.58. The van der Waals surface area contributed by atoms with Crippen LogP contribution in [0, 0.1) is 0 Å². The predicted molar refractivity (Wildman–Crippen MR) is 118 cm³/mol. The lowest BCUT2D eigenvalue weighted by Crippen LogP contribution is -2.55. The highest BCUT2D eigenvalue weighted by Gasteiger charge is 2.24. The van der Waals surface area contributed by atoms with Gasteiger partial charge in [0.15, 0.2) is 5.96 Å². The molecule has 0 aromatic carbocycles. The second-order valence-corrected chi connectivity index (χ2v) is 7.86. The normalized spacial score (nSPS) is 19.6. The van der Waals surface area contributed by atoms with Crippen LogP contribution in [0.2, 0.25) is 0 Å². The fraction of sp³-hybridized carbons (Fsp3) is 0.667. The van der Waals surface area contributed by atoms with Crippen LogP contribution in [0.5, 0.6) is 0 Å². The fourth-order valence-corrected chi connectivity index (χ4v) is 4.47. The van der Waals surface area contributed by atoms with Crippen molar-refractivity contribution in [3.05, 3.63) is 21.9 Å². The van der Waals surface area contributed by atoms with E-state index in [4.69, 9.17) is 0 Å². The van der Waals surface area contributed by atoms with E-state index < -0.39 is 0 Å². The zero-order chi connectivity index (χ0) is 17.8. The Labute approximate surface area is 177 Å². The molecular weight excluding hydrogens is 461 g/mol. The summed E-state index contributed by atoms with van der Waals surface area (Å²) in [5, 5.41) is 5.74. The summed E-state index contributed by atoms with van der Waals surface area (Å²) in [6.45, 7) is 10.2. The topological polar surface area (TPSA) is 51.2 Å². The van der Waals surface area contributed by atoms with Gasteiger partial charge in [0, 0.05) is 70.7 Å². The number of amides is 1. The summed E-state index contributed by atoms with van der Waals surface area (Å²) in [5.74, 6) is 1.11. The second-order valence-electron chi connectivity index (χ2n) is 6.86. The molecule has 1 fully saturated rings. The summed E-state index contributed by atoms with van der Waals surface area (Å²) in [7, 11) is 1.84. The van der Waals surface area contributed by atoms with Gasteiger partial charge in [-0.15, -0.1) is 35.3 Å². The molecule has 1 N–H and O–H groups in total. The minimum atomic E-state index is 0. The van der Waals surface area contributed by atoms with E-state index in [0.717, 1.165) is 51.8 Å². The third-order valence-electron chi connectivity index (χ3n) is 5.25. The Bertz CT molecular complexity index is 627. The summed E-state index contributed by atoms with van der Waals surface area (Å²) < 4.78 is 0. The van der Waals surface area contributed by atoms with E-state index in [1.165, 1.54) is 12.0 Å². The largest absolute Gasteiger partial charge is 0.355 e. The Morgan fingerprint density at radius 3 is 2.62 bits per heavy atom. The number of fused-ring (bicyclic) bond motifs is 1. The van der Waals surface area contributed by atoms with Crippen molar-refractivity contribution in [3.63, 3.8) is 0 Å². The second kappa shape index (κ2) is 9.89. The van der Waals surface area contributed by atoms with Crippen LogP contribution in [0.25, 0.3) is 0 Å². The maximum Gasteiger partial charge on any atom is 0.219 e. The first-order chi connectivity index (χ1) is 12.1. The first kappa shape index (κ1) is 21.4. The third-order valence-corrected chi connectivity index (χ3v) is 6.28. The average Bonchev–Trinajstić information content (AvgIpc) is 3.10. The molecule has 0 spiro atoms. The molecular formula is C18H30IN5OS. The molecule has 2 aliphatic heterocycles. The number of piperazine rings is 1. The molecule has 1 aromatic rings. The molecule has 0 bridgehead atoms. The number of rotatable bonds is 3. The number of guanidine groups is 1. The van der Waals surface area contributed by atoms with Gasteiger partial charge in [-0.1, -0.05) is 0 Å². The molecule has 1 amide bonds. The van der Waals surface area contributed by atoms with Crippen molar-refractivity contribution in [3.8, 4) is 0 Å². The molecule has 1 unspecified atom stereocenters. The number of nitrogens with zero attached hydrogens (tertiary/aromatic N) is 4. The molecule has 1 atom stereocenters. The van der Waals surface area contributed by atoms with Gasteiger partial charge in [0.2, 0.25) is 5.91 Å². The predicted octanol–water partition coefficient (Wildman–Crippen LogP) is 1.85. The molecule has 3 rings (SSSR count). The SMILES string of the molecule is CN=C(NCC(C)N1CCc2sccc2C1)N1CCN(C(C)=O)CC1.I. The van der Waals surface area contributed by atoms with E-state index >= 15 is 0 Å². The molecule has 26 heavy (non-hydrogen) atoms. The Hall–Kier alpha value is -0.870. The van der Waals surface area contributed by atoms with Crippen molar-refractivity contribution in [1.29, 1.82) is 0 Å². The number of aliphatic imine (C=N–C) groups is 1. The maximum absolute atomic E-state index is 11.5. The number of carbonyl (C=O) groups is 1. The Morgan fingerprint density at radius 1 is 1.27 bits per heavy atom. The van der Waals surface area contributed by atoms with E-state index in [2.05, 4.69) is 38.5 Å². The van der Waals surface area contributed by atoms with E-state index in [9.17, 15) is 4.79 Å². The van der Waals surface area contributed by atoms with Crippen molar-refractivity contribution in [2.24, 2.45) is 4.99 Å². The summed E-state index contributed by atoms with van der Waals surface area (Å²) in [6.07, 6.45) is 1.17. The Morgan fingerprint density at radius 2 is 1.96 bits per heavy atom. The van der Waals surface area contributed by atoms with Gasteiger partial charge in [-0.25, -0.2) is 0 Å². The van der Waals surface area contributed by atoms with Gasteiger partial charge in [-0.2, -0.15) is 0 Å². The molecule has 6 nitrogen and oxygen atoms in total. The monoisotopic (exact) mass is 491 g/mol. The molecule has 1 saturated heterocycles. The summed E-state index contributed by atoms with van der Waals surface area (Å²) in [4.78, 5) is 24.1. The standard InChI is InChI=1S/C18H29N5OS.HI/c1-14(23-6-4-17-16(13-23)5-11-25-17)12-20-18(19-3)22-9-7-21(8-10-22)15(2)24;/h5,11,14H,4,6-10,12-13H2,1-3H3,(H,19,20);1H. The lowest BCUT2D eigenvalue weighted by atomic mass is 10.1. The van der Waals surface area contributed by atoms with Gasteiger partial charge < -0.3 is 15.1 Å². The van der Waals surface area contributed by atoms with Crippen LogP contribution in [0.15, 0.2) is 16.4 Å². The molecule has 0 saturated carbocycles. The van der Waals surface area contributed by atoms with Crippen LogP contribution in [-0.4, -0.2) is 78.9 Å². The highest BCUT2D eigenvalue weighted by Crippen LogP contribution is 2.24. The molecule has 0 aliphatic carbocycles. The number of thiophene rings is 1. The highest BCUT2D eigenvalue weighted by atomic mass is 127. The molecule has 8 heteroatoms. The van der Waals surface area contributed by atoms with Crippen molar-refractivity contribution in [1.82, 2.24) is 20.0 Å². The van der Waals surface area contributed by atoms with Crippen molar-refractivity contribution >= 4 is 47.2 Å². The van der Waals surface area contributed by atoms with E-state index in [1.54, 1.807) is 11.8 Å². The maximum atomic E-state index is 11.5. The van der Waals surface area contributed by atoms with Crippen molar-refractivity contribution < 1.29 is 4.79 Å².